The van der Waals surface area contributed by atoms with Gasteiger partial charge >= 0.3 is 0 Å². The number of nitrogens with zero attached hydrogens (tertiary/aromatic N) is 3. The Morgan fingerprint density at radius 1 is 1.08 bits per heavy atom. The zero-order chi connectivity index (χ0) is 26.2. The van der Waals surface area contributed by atoms with Crippen LogP contribution in [0.4, 0.5) is 14.5 Å². The molecule has 2 aromatic heterocycles. The Kier molecular flexibility index (Phi) is 7.22. The standard InChI is InChI=1S/C27H27ClF2N4O2/c1-14(18-9-16(7-8-35)5-6-21(18)29)34-25-20-10-19(17-12-31-26(32-13-17)27(3,4)36)22(30)11-23(20)33-15(2)24(25)28/h5-6,9-14,35-36H,7-8H2,1-4H3,(H,33,34)/t14-/m1/s1. The van der Waals surface area contributed by atoms with E-state index in [2.05, 4.69) is 20.3 Å². The van der Waals surface area contributed by atoms with E-state index in [9.17, 15) is 14.6 Å². The van der Waals surface area contributed by atoms with Crippen molar-refractivity contribution in [1.29, 1.82) is 0 Å². The molecular formula is C27H27ClF2N4O2. The smallest absolute Gasteiger partial charge is 0.159 e. The number of hydrogen-bond donors (Lipinski definition) is 3. The van der Waals surface area contributed by atoms with Gasteiger partial charge in [0.05, 0.1) is 28.0 Å². The van der Waals surface area contributed by atoms with E-state index in [-0.39, 0.29) is 18.0 Å². The minimum atomic E-state index is -1.23. The van der Waals surface area contributed by atoms with Gasteiger partial charge in [0.2, 0.25) is 0 Å². The average molecular weight is 513 g/mol. The molecule has 0 aliphatic heterocycles. The number of hydrogen-bond acceptors (Lipinski definition) is 6. The van der Waals surface area contributed by atoms with Crippen LogP contribution in [0.5, 0.6) is 0 Å². The minimum Gasteiger partial charge on any atom is -0.396 e. The Hall–Kier alpha value is -3.20. The van der Waals surface area contributed by atoms with Crippen LogP contribution in [-0.4, -0.2) is 31.8 Å². The van der Waals surface area contributed by atoms with E-state index in [1.54, 1.807) is 45.9 Å². The van der Waals surface area contributed by atoms with Crippen LogP contribution in [0.1, 0.15) is 49.5 Å². The van der Waals surface area contributed by atoms with E-state index in [0.29, 0.717) is 44.9 Å². The van der Waals surface area contributed by atoms with E-state index in [0.717, 1.165) is 5.56 Å². The van der Waals surface area contributed by atoms with E-state index in [1.165, 1.54) is 24.5 Å². The first-order chi connectivity index (χ1) is 17.0. The SMILES string of the molecule is Cc1nc2cc(F)c(-c3cnc(C(C)(C)O)nc3)cc2c(N[C@H](C)c2cc(CCO)ccc2F)c1Cl. The third-order valence-electron chi connectivity index (χ3n) is 5.98. The van der Waals surface area contributed by atoms with Crippen molar-refractivity contribution in [3.63, 3.8) is 0 Å². The lowest BCUT2D eigenvalue weighted by atomic mass is 10.0. The Balaban J connectivity index is 1.80. The Morgan fingerprint density at radius 3 is 2.42 bits per heavy atom. The Bertz CT molecular complexity index is 1420. The highest BCUT2D eigenvalue weighted by atomic mass is 35.5. The molecule has 3 N–H and O–H groups in total. The molecule has 0 saturated carbocycles. The second kappa shape index (κ2) is 10.0. The van der Waals surface area contributed by atoms with Crippen LogP contribution < -0.4 is 5.32 Å². The van der Waals surface area contributed by atoms with Crippen LogP contribution in [0.3, 0.4) is 0 Å². The molecule has 36 heavy (non-hydrogen) atoms. The summed E-state index contributed by atoms with van der Waals surface area (Å²) in [6.07, 6.45) is 3.31. The van der Waals surface area contributed by atoms with Gasteiger partial charge < -0.3 is 15.5 Å². The number of benzene rings is 2. The number of aromatic nitrogens is 3. The minimum absolute atomic E-state index is 0.0399. The summed E-state index contributed by atoms with van der Waals surface area (Å²) in [4.78, 5) is 12.8. The third kappa shape index (κ3) is 5.16. The second-order valence-corrected chi connectivity index (χ2v) is 9.66. The van der Waals surface area contributed by atoms with Crippen molar-refractivity contribution in [3.05, 3.63) is 82.0 Å². The summed E-state index contributed by atoms with van der Waals surface area (Å²) >= 11 is 6.64. The molecule has 0 radical (unpaired) electrons. The number of halogens is 3. The molecular weight excluding hydrogens is 486 g/mol. The number of anilines is 1. The molecule has 6 nitrogen and oxygen atoms in total. The number of aryl methyl sites for hydroxylation is 1. The van der Waals surface area contributed by atoms with E-state index in [1.807, 2.05) is 0 Å². The summed E-state index contributed by atoms with van der Waals surface area (Å²) in [5.41, 5.74) is 2.02. The lowest BCUT2D eigenvalue weighted by Gasteiger charge is -2.21. The lowest BCUT2D eigenvalue weighted by Crippen LogP contribution is -2.19. The maximum atomic E-state index is 15.1. The highest BCUT2D eigenvalue weighted by Gasteiger charge is 2.21. The molecule has 0 amide bonds. The quantitative estimate of drug-likeness (QED) is 0.287. The van der Waals surface area contributed by atoms with E-state index < -0.39 is 23.3 Å². The van der Waals surface area contributed by atoms with Crippen molar-refractivity contribution in [3.8, 4) is 11.1 Å². The molecule has 0 aliphatic rings. The first kappa shape index (κ1) is 25.9. The fraction of sp³-hybridized carbons (Fsp3) is 0.296. The topological polar surface area (TPSA) is 91.2 Å². The van der Waals surface area contributed by atoms with E-state index >= 15 is 4.39 Å². The number of aliphatic hydroxyl groups is 2. The molecule has 2 aromatic carbocycles. The van der Waals surface area contributed by atoms with Crippen molar-refractivity contribution in [2.45, 2.75) is 45.8 Å². The third-order valence-corrected chi connectivity index (χ3v) is 6.44. The molecule has 9 heteroatoms. The van der Waals surface area contributed by atoms with Crippen LogP contribution in [0.15, 0.2) is 42.7 Å². The van der Waals surface area contributed by atoms with Crippen LogP contribution in [0.25, 0.3) is 22.0 Å². The second-order valence-electron chi connectivity index (χ2n) is 9.29. The van der Waals surface area contributed by atoms with Crippen molar-refractivity contribution >= 4 is 28.2 Å². The molecule has 0 saturated heterocycles. The highest BCUT2D eigenvalue weighted by molar-refractivity contribution is 6.35. The average Bonchev–Trinajstić information content (AvgIpc) is 2.82. The van der Waals surface area contributed by atoms with Crippen LogP contribution in [0.2, 0.25) is 5.02 Å². The maximum absolute atomic E-state index is 15.1. The molecule has 4 aromatic rings. The summed E-state index contributed by atoms with van der Waals surface area (Å²) in [5, 5.41) is 23.5. The molecule has 0 aliphatic carbocycles. The zero-order valence-corrected chi connectivity index (χ0v) is 21.2. The molecule has 4 rings (SSSR count). The zero-order valence-electron chi connectivity index (χ0n) is 20.4. The van der Waals surface area contributed by atoms with Gasteiger partial charge in [0, 0.05) is 47.1 Å². The molecule has 188 valence electrons. The van der Waals surface area contributed by atoms with Gasteiger partial charge in [-0.05, 0) is 51.8 Å². The summed E-state index contributed by atoms with van der Waals surface area (Å²) in [5.74, 6) is -0.689. The number of fused-ring (bicyclic) bond motifs is 1. The molecule has 0 fully saturated rings. The number of pyridine rings is 1. The van der Waals surface area contributed by atoms with Crippen LogP contribution in [-0.2, 0) is 12.0 Å². The summed E-state index contributed by atoms with van der Waals surface area (Å²) < 4.78 is 29.8. The van der Waals surface area contributed by atoms with E-state index in [4.69, 9.17) is 11.6 Å². The molecule has 1 atom stereocenters. The normalized spacial score (nSPS) is 12.7. The van der Waals surface area contributed by atoms with Gasteiger partial charge in [-0.2, -0.15) is 0 Å². The van der Waals surface area contributed by atoms with Crippen molar-refractivity contribution in [2.24, 2.45) is 0 Å². The molecule has 0 unspecified atom stereocenters. The van der Waals surface area contributed by atoms with Crippen LogP contribution in [0, 0.1) is 18.6 Å². The monoisotopic (exact) mass is 512 g/mol. The predicted octanol–water partition coefficient (Wildman–Crippen LogP) is 5.87. The van der Waals surface area contributed by atoms with Gasteiger partial charge in [-0.3, -0.25) is 4.98 Å². The van der Waals surface area contributed by atoms with Gasteiger partial charge in [-0.1, -0.05) is 23.7 Å². The highest BCUT2D eigenvalue weighted by Crippen LogP contribution is 2.38. The van der Waals surface area contributed by atoms with Gasteiger partial charge in [0.15, 0.2) is 5.82 Å². The predicted molar refractivity (Wildman–Crippen MR) is 137 cm³/mol. The maximum Gasteiger partial charge on any atom is 0.159 e. The Morgan fingerprint density at radius 2 is 1.78 bits per heavy atom. The lowest BCUT2D eigenvalue weighted by molar-refractivity contribution is 0.0687. The first-order valence-electron chi connectivity index (χ1n) is 11.5. The number of rotatable bonds is 7. The number of aliphatic hydroxyl groups excluding tert-OH is 1. The summed E-state index contributed by atoms with van der Waals surface area (Å²) in [6, 6.07) is 7.16. The van der Waals surface area contributed by atoms with Crippen molar-refractivity contribution in [2.75, 3.05) is 11.9 Å². The Labute approximate surface area is 213 Å². The molecule has 0 spiro atoms. The van der Waals surface area contributed by atoms with Gasteiger partial charge in [0.25, 0.3) is 0 Å². The summed E-state index contributed by atoms with van der Waals surface area (Å²) in [6.45, 7) is 6.61. The first-order valence-corrected chi connectivity index (χ1v) is 11.9. The molecule has 0 bridgehead atoms. The fourth-order valence-corrected chi connectivity index (χ4v) is 4.23. The number of nitrogens with one attached hydrogen (secondary N) is 1. The van der Waals surface area contributed by atoms with Crippen LogP contribution >= 0.6 is 11.6 Å². The van der Waals surface area contributed by atoms with Gasteiger partial charge in [-0.25, -0.2) is 18.7 Å². The van der Waals surface area contributed by atoms with Gasteiger partial charge in [-0.15, -0.1) is 0 Å². The molecule has 2 heterocycles. The van der Waals surface area contributed by atoms with Crippen molar-refractivity contribution < 1.29 is 19.0 Å². The van der Waals surface area contributed by atoms with Crippen molar-refractivity contribution in [1.82, 2.24) is 15.0 Å². The summed E-state index contributed by atoms with van der Waals surface area (Å²) in [7, 11) is 0. The largest absolute Gasteiger partial charge is 0.396 e. The fourth-order valence-electron chi connectivity index (χ4n) is 4.03. The van der Waals surface area contributed by atoms with Gasteiger partial charge in [0.1, 0.15) is 17.2 Å².